The van der Waals surface area contributed by atoms with Crippen LogP contribution >= 0.6 is 0 Å². The van der Waals surface area contributed by atoms with E-state index in [1.165, 1.54) is 12.3 Å². The normalized spacial score (nSPS) is 16.6. The number of carbonyl (C=O) groups excluding carboxylic acids is 1. The Hall–Kier alpha value is -2.83. The van der Waals surface area contributed by atoms with Crippen LogP contribution in [0.15, 0.2) is 36.7 Å². The molecule has 2 aromatic rings. The summed E-state index contributed by atoms with van der Waals surface area (Å²) in [6, 6.07) is 6.64. The Balaban J connectivity index is 1.80. The van der Waals surface area contributed by atoms with Crippen LogP contribution < -0.4 is 14.8 Å². The lowest BCUT2D eigenvalue weighted by Crippen LogP contribution is -2.34. The molecule has 132 valence electrons. The second-order valence-corrected chi connectivity index (χ2v) is 5.75. The summed E-state index contributed by atoms with van der Waals surface area (Å²) in [5.41, 5.74) is 1.08. The van der Waals surface area contributed by atoms with E-state index in [2.05, 4.69) is 10.3 Å². The minimum atomic E-state index is -0.558. The quantitative estimate of drug-likeness (QED) is 0.919. The molecule has 1 fully saturated rings. The molecule has 6 nitrogen and oxygen atoms in total. The number of ether oxygens (including phenoxy) is 2. The van der Waals surface area contributed by atoms with E-state index in [0.717, 1.165) is 24.6 Å². The number of halogens is 1. The molecule has 25 heavy (non-hydrogen) atoms. The van der Waals surface area contributed by atoms with Gasteiger partial charge >= 0.3 is 6.03 Å². The van der Waals surface area contributed by atoms with Gasteiger partial charge in [0, 0.05) is 12.7 Å². The monoisotopic (exact) mass is 345 g/mol. The van der Waals surface area contributed by atoms with Crippen LogP contribution in [0.5, 0.6) is 11.5 Å². The van der Waals surface area contributed by atoms with Crippen molar-refractivity contribution in [3.8, 4) is 11.5 Å². The van der Waals surface area contributed by atoms with Crippen LogP contribution in [0.3, 0.4) is 0 Å². The largest absolute Gasteiger partial charge is 0.493 e. The molecule has 0 aliphatic carbocycles. The lowest BCUT2D eigenvalue weighted by Gasteiger charge is -2.26. The Labute approximate surface area is 145 Å². The second kappa shape index (κ2) is 7.38. The summed E-state index contributed by atoms with van der Waals surface area (Å²) in [5.74, 6) is 0.698. The Kier molecular flexibility index (Phi) is 5.02. The molecule has 2 amide bonds. The van der Waals surface area contributed by atoms with Gasteiger partial charge in [0.2, 0.25) is 0 Å². The molecular weight excluding hydrogens is 325 g/mol. The third-order valence-corrected chi connectivity index (χ3v) is 4.32. The third-order valence-electron chi connectivity index (χ3n) is 4.32. The third kappa shape index (κ3) is 3.50. The highest BCUT2D eigenvalue weighted by molar-refractivity contribution is 5.89. The summed E-state index contributed by atoms with van der Waals surface area (Å²) in [5, 5.41) is 2.62. The molecular formula is C18H20FN3O3. The fourth-order valence-corrected chi connectivity index (χ4v) is 3.08. The van der Waals surface area contributed by atoms with E-state index in [-0.39, 0.29) is 17.8 Å². The van der Waals surface area contributed by atoms with E-state index in [1.807, 2.05) is 18.2 Å². The van der Waals surface area contributed by atoms with E-state index in [4.69, 9.17) is 9.47 Å². The first-order valence-corrected chi connectivity index (χ1v) is 8.03. The number of pyridine rings is 1. The molecule has 1 saturated heterocycles. The van der Waals surface area contributed by atoms with Gasteiger partial charge < -0.3 is 19.7 Å². The first-order chi connectivity index (χ1) is 12.1. The highest BCUT2D eigenvalue weighted by atomic mass is 19.1. The fraction of sp³-hybridized carbons (Fsp3) is 0.333. The smallest absolute Gasteiger partial charge is 0.322 e. The predicted molar refractivity (Wildman–Crippen MR) is 91.4 cm³/mol. The van der Waals surface area contributed by atoms with Crippen LogP contribution in [0.25, 0.3) is 0 Å². The summed E-state index contributed by atoms with van der Waals surface area (Å²) in [6.07, 6.45) is 4.23. The van der Waals surface area contributed by atoms with Gasteiger partial charge in [-0.15, -0.1) is 0 Å². The van der Waals surface area contributed by atoms with Crippen LogP contribution in [0, 0.1) is 5.82 Å². The molecule has 7 heteroatoms. The highest BCUT2D eigenvalue weighted by Crippen LogP contribution is 2.37. The lowest BCUT2D eigenvalue weighted by atomic mass is 10.0. The SMILES string of the molecule is COc1ccc(C2CCCN2C(=O)Nc2ccncc2F)cc1OC. The number of carbonyl (C=O) groups is 1. The molecule has 3 rings (SSSR count). The van der Waals surface area contributed by atoms with Crippen LogP contribution in [0.1, 0.15) is 24.4 Å². The van der Waals surface area contributed by atoms with E-state index >= 15 is 0 Å². The lowest BCUT2D eigenvalue weighted by molar-refractivity contribution is 0.207. The van der Waals surface area contributed by atoms with Crippen molar-refractivity contribution in [1.82, 2.24) is 9.88 Å². The van der Waals surface area contributed by atoms with Gasteiger partial charge in [-0.3, -0.25) is 4.98 Å². The van der Waals surface area contributed by atoms with Crippen molar-refractivity contribution < 1.29 is 18.7 Å². The highest BCUT2D eigenvalue weighted by Gasteiger charge is 2.31. The molecule has 0 spiro atoms. The number of rotatable bonds is 4. The maximum Gasteiger partial charge on any atom is 0.322 e. The molecule has 1 N–H and O–H groups in total. The van der Waals surface area contributed by atoms with E-state index in [0.29, 0.717) is 18.0 Å². The van der Waals surface area contributed by atoms with Crippen molar-refractivity contribution in [3.63, 3.8) is 0 Å². The van der Waals surface area contributed by atoms with E-state index < -0.39 is 5.82 Å². The summed E-state index contributed by atoms with van der Waals surface area (Å²) in [7, 11) is 3.16. The molecule has 0 radical (unpaired) electrons. The summed E-state index contributed by atoms with van der Waals surface area (Å²) >= 11 is 0. The number of methoxy groups -OCH3 is 2. The number of anilines is 1. The van der Waals surface area contributed by atoms with Gasteiger partial charge in [-0.2, -0.15) is 0 Å². The number of aromatic nitrogens is 1. The number of nitrogens with one attached hydrogen (secondary N) is 1. The molecule has 1 unspecified atom stereocenters. The molecule has 1 aliphatic heterocycles. The van der Waals surface area contributed by atoms with Gasteiger partial charge in [-0.1, -0.05) is 6.07 Å². The Morgan fingerprint density at radius 3 is 2.80 bits per heavy atom. The van der Waals surface area contributed by atoms with Crippen LogP contribution in [0.4, 0.5) is 14.9 Å². The maximum atomic E-state index is 13.7. The minimum absolute atomic E-state index is 0.0929. The van der Waals surface area contributed by atoms with Gasteiger partial charge in [0.25, 0.3) is 0 Å². The number of nitrogens with zero attached hydrogens (tertiary/aromatic N) is 2. The molecule has 2 heterocycles. The van der Waals surface area contributed by atoms with E-state index in [9.17, 15) is 9.18 Å². The first kappa shape index (κ1) is 17.0. The van der Waals surface area contributed by atoms with Gasteiger partial charge in [-0.05, 0) is 36.6 Å². The fourth-order valence-electron chi connectivity index (χ4n) is 3.08. The number of hydrogen-bond acceptors (Lipinski definition) is 4. The predicted octanol–water partition coefficient (Wildman–Crippen LogP) is 3.61. The van der Waals surface area contributed by atoms with Gasteiger partial charge in [0.1, 0.15) is 0 Å². The van der Waals surface area contributed by atoms with Crippen molar-refractivity contribution in [1.29, 1.82) is 0 Å². The topological polar surface area (TPSA) is 63.7 Å². The number of likely N-dealkylation sites (tertiary alicyclic amines) is 1. The van der Waals surface area contributed by atoms with Crippen molar-refractivity contribution in [2.75, 3.05) is 26.1 Å². The van der Waals surface area contributed by atoms with Crippen molar-refractivity contribution in [2.24, 2.45) is 0 Å². The summed E-state index contributed by atoms with van der Waals surface area (Å²) in [6.45, 7) is 0.609. The molecule has 0 bridgehead atoms. The van der Waals surface area contributed by atoms with Crippen LogP contribution in [-0.2, 0) is 0 Å². The maximum absolute atomic E-state index is 13.7. The molecule has 1 aromatic heterocycles. The van der Waals surface area contributed by atoms with Crippen molar-refractivity contribution in [3.05, 3.63) is 48.0 Å². The van der Waals surface area contributed by atoms with Crippen LogP contribution in [-0.4, -0.2) is 36.7 Å². The second-order valence-electron chi connectivity index (χ2n) is 5.75. The molecule has 1 aromatic carbocycles. The number of amides is 2. The van der Waals surface area contributed by atoms with Crippen molar-refractivity contribution in [2.45, 2.75) is 18.9 Å². The average Bonchev–Trinajstić information content (AvgIpc) is 3.13. The summed E-state index contributed by atoms with van der Waals surface area (Å²) < 4.78 is 24.3. The van der Waals surface area contributed by atoms with Gasteiger partial charge in [-0.25, -0.2) is 9.18 Å². The first-order valence-electron chi connectivity index (χ1n) is 8.03. The Morgan fingerprint density at radius 2 is 2.08 bits per heavy atom. The minimum Gasteiger partial charge on any atom is -0.493 e. The zero-order valence-corrected chi connectivity index (χ0v) is 14.2. The average molecular weight is 345 g/mol. The zero-order chi connectivity index (χ0) is 17.8. The van der Waals surface area contributed by atoms with Gasteiger partial charge in [0.15, 0.2) is 17.3 Å². The van der Waals surface area contributed by atoms with Gasteiger partial charge in [0.05, 0.1) is 32.1 Å². The molecule has 0 saturated carbocycles. The van der Waals surface area contributed by atoms with Crippen LogP contribution in [0.2, 0.25) is 0 Å². The standard InChI is InChI=1S/C18H20FN3O3/c1-24-16-6-5-12(10-17(16)25-2)15-4-3-9-22(15)18(23)21-14-7-8-20-11-13(14)19/h5-8,10-11,15H,3-4,9H2,1-2H3,(H,20,21,23). The summed E-state index contributed by atoms with van der Waals surface area (Å²) in [4.78, 5) is 18.0. The number of hydrogen-bond donors (Lipinski definition) is 1. The molecule has 1 aliphatic rings. The Bertz CT molecular complexity index is 769. The number of urea groups is 1. The zero-order valence-electron chi connectivity index (χ0n) is 14.2. The number of benzene rings is 1. The van der Waals surface area contributed by atoms with Crippen molar-refractivity contribution >= 4 is 11.7 Å². The van der Waals surface area contributed by atoms with E-state index in [1.54, 1.807) is 19.1 Å². The molecule has 1 atom stereocenters. The Morgan fingerprint density at radius 1 is 1.28 bits per heavy atom.